The highest BCUT2D eigenvalue weighted by Gasteiger charge is 2.53. The topological polar surface area (TPSA) is 115 Å². The number of benzene rings is 3. The second-order valence-corrected chi connectivity index (χ2v) is 6.67. The molecule has 2 aliphatic rings. The summed E-state index contributed by atoms with van der Waals surface area (Å²) in [6.07, 6.45) is 2.88. The van der Waals surface area contributed by atoms with Crippen LogP contribution in [-0.2, 0) is 10.3 Å². The molecule has 4 aromatic rings. The first-order valence-corrected chi connectivity index (χ1v) is 8.98. The molecule has 0 saturated heterocycles. The highest BCUT2D eigenvalue weighted by Crippen LogP contribution is 2.56. The van der Waals surface area contributed by atoms with Crippen molar-refractivity contribution in [2.45, 2.75) is 5.60 Å². The molecule has 1 spiro atoms. The lowest BCUT2D eigenvalue weighted by atomic mass is 9.77. The number of rotatable bonds is 0. The van der Waals surface area contributed by atoms with E-state index >= 15 is 0 Å². The summed E-state index contributed by atoms with van der Waals surface area (Å²) in [7, 11) is 0. The first-order valence-electron chi connectivity index (χ1n) is 8.98. The molecule has 0 bridgehead atoms. The van der Waals surface area contributed by atoms with E-state index < -0.39 is 11.6 Å². The zero-order chi connectivity index (χ0) is 20.7. The van der Waals surface area contributed by atoms with Gasteiger partial charge in [0.25, 0.3) is 0 Å². The summed E-state index contributed by atoms with van der Waals surface area (Å²) >= 11 is 0. The predicted octanol–water partition coefficient (Wildman–Crippen LogP) is 3.74. The van der Waals surface area contributed by atoms with Gasteiger partial charge in [0.2, 0.25) is 0 Å². The summed E-state index contributed by atoms with van der Waals surface area (Å²) < 4.78 is 16.0. The van der Waals surface area contributed by atoms with Crippen molar-refractivity contribution >= 4 is 5.97 Å². The minimum Gasteiger partial charge on any atom is -0.508 e. The third-order valence-corrected chi connectivity index (χ3v) is 4.96. The SMILES string of the molecule is O=C1OC2(c3ccc(O)cc3Oc3cc(O)ccc32)c2ccccc21.c1conn1. The van der Waals surface area contributed by atoms with Crippen LogP contribution in [-0.4, -0.2) is 26.6 Å². The molecule has 8 nitrogen and oxygen atoms in total. The van der Waals surface area contributed by atoms with Crippen LogP contribution in [0.2, 0.25) is 0 Å². The van der Waals surface area contributed by atoms with Gasteiger partial charge in [-0.3, -0.25) is 0 Å². The fourth-order valence-corrected chi connectivity index (χ4v) is 3.79. The number of hydrogen-bond acceptors (Lipinski definition) is 8. The molecule has 0 radical (unpaired) electrons. The van der Waals surface area contributed by atoms with Crippen LogP contribution in [0.3, 0.4) is 0 Å². The molecule has 30 heavy (non-hydrogen) atoms. The lowest BCUT2D eigenvalue weighted by Crippen LogP contribution is -2.32. The zero-order valence-electron chi connectivity index (χ0n) is 15.4. The number of aromatic hydroxyl groups is 2. The van der Waals surface area contributed by atoms with E-state index in [-0.39, 0.29) is 11.5 Å². The average Bonchev–Trinajstić information content (AvgIpc) is 3.40. The molecule has 0 atom stereocenters. The van der Waals surface area contributed by atoms with Crippen molar-refractivity contribution in [3.05, 3.63) is 95.4 Å². The number of esters is 1. The van der Waals surface area contributed by atoms with Crippen LogP contribution in [0.1, 0.15) is 27.0 Å². The fraction of sp³-hybridized carbons (Fsp3) is 0.0455. The van der Waals surface area contributed by atoms with Gasteiger partial charge >= 0.3 is 5.97 Å². The van der Waals surface area contributed by atoms with Gasteiger partial charge in [-0.1, -0.05) is 18.2 Å². The van der Waals surface area contributed by atoms with Crippen LogP contribution in [0.5, 0.6) is 23.0 Å². The summed E-state index contributed by atoms with van der Waals surface area (Å²) in [5.41, 5.74) is 1.28. The van der Waals surface area contributed by atoms with E-state index in [9.17, 15) is 15.0 Å². The van der Waals surface area contributed by atoms with Gasteiger partial charge in [-0.15, -0.1) is 5.10 Å². The van der Waals surface area contributed by atoms with Crippen molar-refractivity contribution in [2.24, 2.45) is 0 Å². The molecule has 0 unspecified atom stereocenters. The Hall–Kier alpha value is -4.33. The standard InChI is InChI=1S/C20H12O5.C2H2N2O/c21-11-5-7-15-17(9-11)24-18-10-12(22)6-8-16(18)20(15)14-4-2-1-3-13(14)19(23)25-20;1-2-5-4-3-1/h1-10,21-22H;1-2H. The molecule has 1 aromatic heterocycles. The van der Waals surface area contributed by atoms with Gasteiger partial charge in [0, 0.05) is 34.1 Å². The predicted molar refractivity (Wildman–Crippen MR) is 102 cm³/mol. The Bertz CT molecular complexity index is 1180. The molecule has 148 valence electrons. The normalized spacial score (nSPS) is 14.5. The van der Waals surface area contributed by atoms with Crippen molar-refractivity contribution in [1.82, 2.24) is 10.4 Å². The van der Waals surface area contributed by atoms with Crippen molar-refractivity contribution < 1.29 is 29.0 Å². The smallest absolute Gasteiger partial charge is 0.340 e. The number of phenols is 2. The first-order chi connectivity index (χ1) is 14.6. The van der Waals surface area contributed by atoms with E-state index in [0.29, 0.717) is 33.8 Å². The minimum absolute atomic E-state index is 0.0371. The minimum atomic E-state index is -1.17. The van der Waals surface area contributed by atoms with Gasteiger partial charge in [0.1, 0.15) is 29.3 Å². The lowest BCUT2D eigenvalue weighted by molar-refractivity contribution is 0.0224. The molecule has 0 amide bonds. The summed E-state index contributed by atoms with van der Waals surface area (Å²) in [4.78, 5) is 12.5. The lowest BCUT2D eigenvalue weighted by Gasteiger charge is -2.36. The number of carbonyl (C=O) groups is 1. The van der Waals surface area contributed by atoms with Crippen LogP contribution in [0, 0.1) is 0 Å². The van der Waals surface area contributed by atoms with Gasteiger partial charge in [-0.2, -0.15) is 0 Å². The maximum atomic E-state index is 12.5. The average molecular weight is 402 g/mol. The van der Waals surface area contributed by atoms with Gasteiger partial charge in [0.15, 0.2) is 5.60 Å². The molecular weight excluding hydrogens is 388 g/mol. The van der Waals surface area contributed by atoms with Crippen LogP contribution in [0.15, 0.2) is 77.6 Å². The van der Waals surface area contributed by atoms with E-state index in [2.05, 4.69) is 14.9 Å². The monoisotopic (exact) mass is 402 g/mol. The molecular formula is C22H14N2O6. The van der Waals surface area contributed by atoms with E-state index in [1.54, 1.807) is 24.3 Å². The Labute approximate surface area is 169 Å². The number of nitrogens with zero attached hydrogens (tertiary/aromatic N) is 2. The van der Waals surface area contributed by atoms with E-state index in [1.165, 1.54) is 36.7 Å². The van der Waals surface area contributed by atoms with Crippen LogP contribution in [0.25, 0.3) is 0 Å². The number of ether oxygens (including phenoxy) is 2. The third-order valence-electron chi connectivity index (χ3n) is 4.96. The summed E-state index contributed by atoms with van der Waals surface area (Å²) in [6, 6.07) is 16.6. The number of carbonyl (C=O) groups excluding carboxylic acids is 1. The Morgan fingerprint density at radius 1 is 0.833 bits per heavy atom. The van der Waals surface area contributed by atoms with Crippen molar-refractivity contribution in [2.75, 3.05) is 0 Å². The number of aromatic nitrogens is 2. The second-order valence-electron chi connectivity index (χ2n) is 6.67. The molecule has 8 heteroatoms. The van der Waals surface area contributed by atoms with E-state index in [4.69, 9.17) is 9.47 Å². The molecule has 2 N–H and O–H groups in total. The highest BCUT2D eigenvalue weighted by atomic mass is 16.6. The van der Waals surface area contributed by atoms with E-state index in [1.807, 2.05) is 12.1 Å². The number of fused-ring (bicyclic) bond motifs is 6. The van der Waals surface area contributed by atoms with Crippen molar-refractivity contribution in [1.29, 1.82) is 0 Å². The molecule has 3 aromatic carbocycles. The summed E-state index contributed by atoms with van der Waals surface area (Å²) in [5.74, 6) is 0.408. The number of phenolic OH excluding ortho intramolecular Hbond substituents is 2. The fourth-order valence-electron chi connectivity index (χ4n) is 3.79. The third kappa shape index (κ3) is 2.58. The Morgan fingerprint density at radius 2 is 1.50 bits per heavy atom. The van der Waals surface area contributed by atoms with Crippen molar-refractivity contribution in [3.63, 3.8) is 0 Å². The zero-order valence-corrected chi connectivity index (χ0v) is 15.4. The molecule has 6 rings (SSSR count). The Morgan fingerprint density at radius 3 is 2.07 bits per heavy atom. The first kappa shape index (κ1) is 17.7. The second kappa shape index (κ2) is 6.63. The van der Waals surface area contributed by atoms with E-state index in [0.717, 1.165) is 0 Å². The van der Waals surface area contributed by atoms with Gasteiger partial charge < -0.3 is 24.2 Å². The van der Waals surface area contributed by atoms with Crippen LogP contribution >= 0.6 is 0 Å². The molecule has 2 aliphatic heterocycles. The van der Waals surface area contributed by atoms with Crippen molar-refractivity contribution in [3.8, 4) is 23.0 Å². The van der Waals surface area contributed by atoms with Gasteiger partial charge in [-0.25, -0.2) is 4.79 Å². The van der Waals surface area contributed by atoms with Crippen LogP contribution < -0.4 is 4.74 Å². The summed E-state index contributed by atoms with van der Waals surface area (Å²) in [6.45, 7) is 0. The maximum absolute atomic E-state index is 12.5. The number of hydrogen-bond donors (Lipinski definition) is 2. The molecule has 0 fully saturated rings. The van der Waals surface area contributed by atoms with Gasteiger partial charge in [0.05, 0.1) is 11.8 Å². The summed E-state index contributed by atoms with van der Waals surface area (Å²) in [5, 5.41) is 26.1. The van der Waals surface area contributed by atoms with Crippen LogP contribution in [0.4, 0.5) is 0 Å². The molecule has 3 heterocycles. The Kier molecular flexibility index (Phi) is 3.92. The highest BCUT2D eigenvalue weighted by molar-refractivity contribution is 5.97. The Balaban J connectivity index is 0.000000340. The quantitative estimate of drug-likeness (QED) is 0.428. The van der Waals surface area contributed by atoms with Gasteiger partial charge in [-0.05, 0) is 30.3 Å². The molecule has 0 saturated carbocycles. The maximum Gasteiger partial charge on any atom is 0.340 e. The molecule has 0 aliphatic carbocycles. The largest absolute Gasteiger partial charge is 0.508 e.